The number of nitrogens with zero attached hydrogens (tertiary/aromatic N) is 1. The van der Waals surface area contributed by atoms with Crippen LogP contribution in [0.1, 0.15) is 13.3 Å². The maximum Gasteiger partial charge on any atom is 0.409 e. The van der Waals surface area contributed by atoms with E-state index in [9.17, 15) is 14.4 Å². The summed E-state index contributed by atoms with van der Waals surface area (Å²) in [6.45, 7) is 1.87. The maximum atomic E-state index is 11.4. The molecule has 6 heteroatoms. The molecule has 0 aliphatic carbocycles. The molecule has 1 fully saturated rings. The molecule has 0 bridgehead atoms. The van der Waals surface area contributed by atoms with Crippen LogP contribution in [0.2, 0.25) is 0 Å². The lowest BCUT2D eigenvalue weighted by Gasteiger charge is -2.30. The van der Waals surface area contributed by atoms with E-state index >= 15 is 0 Å². The fraction of sp³-hybridized carbons (Fsp3) is 0.667. The summed E-state index contributed by atoms with van der Waals surface area (Å²) in [5.41, 5.74) is 0. The monoisotopic (exact) mass is 214 g/mol. The molecule has 1 atom stereocenters. The van der Waals surface area contributed by atoms with Gasteiger partial charge in [0.15, 0.2) is 5.78 Å². The number of likely N-dealkylation sites (tertiary alicyclic amines) is 1. The number of methoxy groups -OCH3 is 1. The molecule has 15 heavy (non-hydrogen) atoms. The van der Waals surface area contributed by atoms with Gasteiger partial charge < -0.3 is 15.0 Å². The molecule has 0 aromatic heterocycles. The predicted octanol–water partition coefficient (Wildman–Crippen LogP) is -0.468. The Bertz CT molecular complexity index is 290. The van der Waals surface area contributed by atoms with Crippen molar-refractivity contribution in [1.29, 1.82) is 0 Å². The lowest BCUT2D eigenvalue weighted by molar-refractivity contribution is -0.128. The minimum Gasteiger partial charge on any atom is -0.453 e. The molecule has 1 aliphatic rings. The third kappa shape index (κ3) is 2.93. The molecule has 1 aliphatic heterocycles. The van der Waals surface area contributed by atoms with Crippen LogP contribution in [0.4, 0.5) is 4.79 Å². The second kappa shape index (κ2) is 4.77. The molecule has 0 saturated carbocycles. The van der Waals surface area contributed by atoms with Gasteiger partial charge in [0, 0.05) is 19.9 Å². The number of rotatable bonds is 1. The van der Waals surface area contributed by atoms with E-state index in [1.165, 1.54) is 18.9 Å². The van der Waals surface area contributed by atoms with Crippen LogP contribution in [0, 0.1) is 0 Å². The molecule has 84 valence electrons. The Hall–Kier alpha value is -1.59. The molecule has 1 N–H and O–H groups in total. The van der Waals surface area contributed by atoms with Crippen LogP contribution in [0.5, 0.6) is 0 Å². The molecule has 0 aromatic rings. The third-order valence-corrected chi connectivity index (χ3v) is 2.23. The van der Waals surface area contributed by atoms with E-state index in [2.05, 4.69) is 10.1 Å². The predicted molar refractivity (Wildman–Crippen MR) is 51.2 cm³/mol. The highest BCUT2D eigenvalue weighted by molar-refractivity contribution is 5.90. The largest absolute Gasteiger partial charge is 0.453 e. The zero-order chi connectivity index (χ0) is 11.4. The summed E-state index contributed by atoms with van der Waals surface area (Å²) in [4.78, 5) is 34.8. The first-order valence-electron chi connectivity index (χ1n) is 4.67. The summed E-state index contributed by atoms with van der Waals surface area (Å²) in [5.74, 6) is -0.328. The fourth-order valence-corrected chi connectivity index (χ4v) is 1.50. The fourth-order valence-electron chi connectivity index (χ4n) is 1.50. The first-order valence-corrected chi connectivity index (χ1v) is 4.67. The van der Waals surface area contributed by atoms with Crippen molar-refractivity contribution >= 4 is 17.8 Å². The van der Waals surface area contributed by atoms with Crippen molar-refractivity contribution in [3.8, 4) is 0 Å². The van der Waals surface area contributed by atoms with Gasteiger partial charge in [-0.15, -0.1) is 0 Å². The summed E-state index contributed by atoms with van der Waals surface area (Å²) in [6, 6.07) is -0.602. The van der Waals surface area contributed by atoms with Gasteiger partial charge in [0.1, 0.15) is 6.04 Å². The first kappa shape index (κ1) is 11.5. The molecule has 0 spiro atoms. The average Bonchev–Trinajstić information content (AvgIpc) is 2.19. The number of ketones is 1. The van der Waals surface area contributed by atoms with Gasteiger partial charge in [0.25, 0.3) is 0 Å². The molecule has 1 saturated heterocycles. The molecule has 0 aromatic carbocycles. The van der Waals surface area contributed by atoms with Gasteiger partial charge in [0.2, 0.25) is 5.91 Å². The highest BCUT2D eigenvalue weighted by atomic mass is 16.5. The Morgan fingerprint density at radius 3 is 2.73 bits per heavy atom. The van der Waals surface area contributed by atoms with Crippen LogP contribution in [-0.4, -0.2) is 48.9 Å². The average molecular weight is 214 g/mol. The van der Waals surface area contributed by atoms with Crippen molar-refractivity contribution in [3.05, 3.63) is 0 Å². The van der Waals surface area contributed by atoms with E-state index in [0.29, 0.717) is 6.54 Å². The Labute approximate surface area is 87.6 Å². The van der Waals surface area contributed by atoms with E-state index in [1.807, 2.05) is 0 Å². The Morgan fingerprint density at radius 1 is 1.53 bits per heavy atom. The Balaban J connectivity index is 2.59. The zero-order valence-electron chi connectivity index (χ0n) is 8.78. The van der Waals surface area contributed by atoms with Gasteiger partial charge in [0.05, 0.1) is 13.7 Å². The summed E-state index contributed by atoms with van der Waals surface area (Å²) in [5, 5.41) is 2.50. The van der Waals surface area contributed by atoms with Crippen LogP contribution in [-0.2, 0) is 14.3 Å². The highest BCUT2D eigenvalue weighted by Crippen LogP contribution is 2.07. The lowest BCUT2D eigenvalue weighted by Crippen LogP contribution is -2.54. The van der Waals surface area contributed by atoms with E-state index < -0.39 is 12.1 Å². The number of amides is 2. The number of piperidine rings is 1. The van der Waals surface area contributed by atoms with E-state index in [0.717, 1.165) is 0 Å². The topological polar surface area (TPSA) is 75.7 Å². The second-order valence-corrected chi connectivity index (χ2v) is 3.39. The highest BCUT2D eigenvalue weighted by Gasteiger charge is 2.30. The minimum absolute atomic E-state index is 0.0506. The van der Waals surface area contributed by atoms with Crippen molar-refractivity contribution in [2.75, 3.05) is 20.2 Å². The summed E-state index contributed by atoms with van der Waals surface area (Å²) in [6.07, 6.45) is -0.224. The van der Waals surface area contributed by atoms with Gasteiger partial charge in [-0.25, -0.2) is 4.79 Å². The summed E-state index contributed by atoms with van der Waals surface area (Å²) >= 11 is 0. The quantitative estimate of drug-likeness (QED) is 0.640. The number of hydrogen-bond donors (Lipinski definition) is 1. The summed E-state index contributed by atoms with van der Waals surface area (Å²) < 4.78 is 4.54. The molecule has 6 nitrogen and oxygen atoms in total. The number of carbonyl (C=O) groups is 3. The second-order valence-electron chi connectivity index (χ2n) is 3.39. The van der Waals surface area contributed by atoms with Gasteiger partial charge in [-0.3, -0.25) is 9.59 Å². The van der Waals surface area contributed by atoms with Crippen LogP contribution in [0.3, 0.4) is 0 Å². The zero-order valence-corrected chi connectivity index (χ0v) is 8.78. The van der Waals surface area contributed by atoms with Crippen molar-refractivity contribution < 1.29 is 19.1 Å². The van der Waals surface area contributed by atoms with Crippen LogP contribution >= 0.6 is 0 Å². The van der Waals surface area contributed by atoms with E-state index in [1.54, 1.807) is 0 Å². The number of carbonyl (C=O) groups excluding carboxylic acids is 3. The van der Waals surface area contributed by atoms with E-state index in [-0.39, 0.29) is 24.7 Å². The van der Waals surface area contributed by atoms with Gasteiger partial charge >= 0.3 is 6.09 Å². The number of nitrogens with one attached hydrogen (secondary N) is 1. The van der Waals surface area contributed by atoms with Crippen LogP contribution < -0.4 is 5.32 Å². The molecule has 0 radical (unpaired) electrons. The number of ether oxygens (including phenoxy) is 1. The minimum atomic E-state index is -0.602. The SMILES string of the molecule is COC(=O)N1CCC(=O)C(NC(C)=O)C1. The van der Waals surface area contributed by atoms with Crippen molar-refractivity contribution in [2.24, 2.45) is 0 Å². The number of Topliss-reactive ketones (excluding diaryl/α,β-unsaturated/α-hetero) is 1. The first-order chi connectivity index (χ1) is 7.04. The van der Waals surface area contributed by atoms with Crippen molar-refractivity contribution in [3.63, 3.8) is 0 Å². The van der Waals surface area contributed by atoms with Crippen molar-refractivity contribution in [2.45, 2.75) is 19.4 Å². The Kier molecular flexibility index (Phi) is 3.65. The molecular formula is C9H14N2O4. The van der Waals surface area contributed by atoms with Gasteiger partial charge in [-0.1, -0.05) is 0 Å². The molecule has 2 amide bonds. The lowest BCUT2D eigenvalue weighted by atomic mass is 10.0. The van der Waals surface area contributed by atoms with E-state index in [4.69, 9.17) is 0 Å². The standard InChI is InChI=1S/C9H14N2O4/c1-6(12)10-7-5-11(9(14)15-2)4-3-8(7)13/h7H,3-5H2,1-2H3,(H,10,12). The normalized spacial score (nSPS) is 21.1. The smallest absolute Gasteiger partial charge is 0.409 e. The molecular weight excluding hydrogens is 200 g/mol. The van der Waals surface area contributed by atoms with Crippen molar-refractivity contribution in [1.82, 2.24) is 10.2 Å². The van der Waals surface area contributed by atoms with Crippen LogP contribution in [0.25, 0.3) is 0 Å². The Morgan fingerprint density at radius 2 is 2.20 bits per heavy atom. The molecule has 1 unspecified atom stereocenters. The summed E-state index contributed by atoms with van der Waals surface area (Å²) in [7, 11) is 1.28. The number of hydrogen-bond acceptors (Lipinski definition) is 4. The third-order valence-electron chi connectivity index (χ3n) is 2.23. The molecule has 1 rings (SSSR count). The molecule has 1 heterocycles. The van der Waals surface area contributed by atoms with Gasteiger partial charge in [-0.05, 0) is 0 Å². The van der Waals surface area contributed by atoms with Gasteiger partial charge in [-0.2, -0.15) is 0 Å². The van der Waals surface area contributed by atoms with Crippen LogP contribution in [0.15, 0.2) is 0 Å². The maximum absolute atomic E-state index is 11.4.